The molecule has 0 amide bonds. The van der Waals surface area contributed by atoms with Crippen LogP contribution >= 0.6 is 0 Å². The van der Waals surface area contributed by atoms with Gasteiger partial charge in [0.15, 0.2) is 0 Å². The fraction of sp³-hybridized carbons (Fsp3) is 0.850. The van der Waals surface area contributed by atoms with Gasteiger partial charge in [0.05, 0.1) is 0 Å². The average molecular weight is 390 g/mol. The molecule has 0 radical (unpaired) electrons. The largest absolute Gasteiger partial charge is 0.381 e. The summed E-state index contributed by atoms with van der Waals surface area (Å²) in [7, 11) is 0. The average Bonchev–Trinajstić information content (AvgIpc) is 2.64. The SMILES string of the molecule is C=C(CC)N=CC(C)(OC(F)F)[C@H](C)NC1CCC(COCCCN)CC1. The molecule has 0 aromatic heterocycles. The van der Waals surface area contributed by atoms with E-state index in [0.717, 1.165) is 45.3 Å². The summed E-state index contributed by atoms with van der Waals surface area (Å²) in [6.45, 7) is 8.52. The number of aliphatic imine (C=N–C) groups is 1. The Labute approximate surface area is 162 Å². The highest BCUT2D eigenvalue weighted by molar-refractivity contribution is 5.70. The van der Waals surface area contributed by atoms with E-state index < -0.39 is 12.2 Å². The molecule has 27 heavy (non-hydrogen) atoms. The van der Waals surface area contributed by atoms with Crippen LogP contribution in [0, 0.1) is 5.92 Å². The summed E-state index contributed by atoms with van der Waals surface area (Å²) in [6, 6.07) is -0.0223. The highest BCUT2D eigenvalue weighted by Gasteiger charge is 2.35. The Morgan fingerprint density at radius 1 is 1.37 bits per heavy atom. The van der Waals surface area contributed by atoms with Crippen molar-refractivity contribution in [1.82, 2.24) is 5.32 Å². The van der Waals surface area contributed by atoms with E-state index in [1.807, 2.05) is 13.8 Å². The van der Waals surface area contributed by atoms with Gasteiger partial charge in [-0.15, -0.1) is 0 Å². The summed E-state index contributed by atoms with van der Waals surface area (Å²) in [5, 5.41) is 3.47. The molecular formula is C20H37F2N3O2. The van der Waals surface area contributed by atoms with E-state index in [2.05, 4.69) is 16.9 Å². The Hall–Kier alpha value is -0.890. The smallest absolute Gasteiger partial charge is 0.346 e. The van der Waals surface area contributed by atoms with E-state index in [0.29, 0.717) is 24.6 Å². The normalized spacial score (nSPS) is 24.3. The van der Waals surface area contributed by atoms with Crippen LogP contribution in [0.2, 0.25) is 0 Å². The lowest BCUT2D eigenvalue weighted by atomic mass is 9.85. The minimum absolute atomic E-state index is 0.281. The number of rotatable bonds is 13. The van der Waals surface area contributed by atoms with Gasteiger partial charge >= 0.3 is 6.61 Å². The predicted octanol–water partition coefficient (Wildman–Crippen LogP) is 3.88. The number of alkyl halides is 2. The van der Waals surface area contributed by atoms with Gasteiger partial charge in [-0.25, -0.2) is 0 Å². The molecule has 2 atom stereocenters. The van der Waals surface area contributed by atoms with Gasteiger partial charge in [-0.3, -0.25) is 4.99 Å². The summed E-state index contributed by atoms with van der Waals surface area (Å²) in [6.07, 6.45) is 7.15. The number of allylic oxidation sites excluding steroid dienone is 1. The minimum Gasteiger partial charge on any atom is -0.381 e. The molecule has 0 aliphatic heterocycles. The van der Waals surface area contributed by atoms with E-state index in [9.17, 15) is 8.78 Å². The number of nitrogens with one attached hydrogen (secondary N) is 1. The van der Waals surface area contributed by atoms with Gasteiger partial charge in [-0.05, 0) is 64.8 Å². The molecule has 0 bridgehead atoms. The van der Waals surface area contributed by atoms with Gasteiger partial charge in [-0.1, -0.05) is 13.5 Å². The van der Waals surface area contributed by atoms with E-state index >= 15 is 0 Å². The lowest BCUT2D eigenvalue weighted by Gasteiger charge is -2.37. The van der Waals surface area contributed by atoms with Crippen LogP contribution in [0.4, 0.5) is 8.78 Å². The predicted molar refractivity (Wildman–Crippen MR) is 106 cm³/mol. The minimum atomic E-state index is -2.86. The van der Waals surface area contributed by atoms with E-state index in [1.54, 1.807) is 6.92 Å². The van der Waals surface area contributed by atoms with E-state index in [-0.39, 0.29) is 12.1 Å². The van der Waals surface area contributed by atoms with Gasteiger partial charge in [0, 0.05) is 37.2 Å². The first kappa shape index (κ1) is 24.1. The van der Waals surface area contributed by atoms with Crippen molar-refractivity contribution in [3.8, 4) is 0 Å². The lowest BCUT2D eigenvalue weighted by molar-refractivity contribution is -0.185. The van der Waals surface area contributed by atoms with Gasteiger partial charge in [0.1, 0.15) is 5.60 Å². The van der Waals surface area contributed by atoms with Gasteiger partial charge in [-0.2, -0.15) is 8.78 Å². The topological polar surface area (TPSA) is 68.9 Å². The third kappa shape index (κ3) is 9.23. The van der Waals surface area contributed by atoms with Crippen LogP contribution in [-0.2, 0) is 9.47 Å². The highest BCUT2D eigenvalue weighted by Crippen LogP contribution is 2.27. The lowest BCUT2D eigenvalue weighted by Crippen LogP contribution is -2.54. The Bertz CT molecular complexity index is 455. The van der Waals surface area contributed by atoms with Crippen molar-refractivity contribution in [2.24, 2.45) is 16.6 Å². The van der Waals surface area contributed by atoms with Gasteiger partial charge < -0.3 is 20.5 Å². The standard InChI is InChI=1S/C20H37F2N3O2/c1-5-15(2)24-14-20(4,27-19(21)22)16(3)25-18-9-7-17(8-10-18)13-26-12-6-11-23/h14,16-19,25H,2,5-13,23H2,1,3-4H3/t16-,17?,18?,20?/m0/s1. The van der Waals surface area contributed by atoms with Crippen LogP contribution in [0.5, 0.6) is 0 Å². The Morgan fingerprint density at radius 3 is 2.59 bits per heavy atom. The fourth-order valence-electron chi connectivity index (χ4n) is 3.20. The fourth-order valence-corrected chi connectivity index (χ4v) is 3.20. The highest BCUT2D eigenvalue weighted by atomic mass is 19.3. The molecule has 158 valence electrons. The second-order valence-electron chi connectivity index (χ2n) is 7.56. The van der Waals surface area contributed by atoms with Crippen LogP contribution in [-0.4, -0.2) is 50.3 Å². The van der Waals surface area contributed by atoms with Gasteiger partial charge in [0.2, 0.25) is 0 Å². The number of hydrogen-bond acceptors (Lipinski definition) is 5. The summed E-state index contributed by atoms with van der Waals surface area (Å²) >= 11 is 0. The van der Waals surface area contributed by atoms with Crippen LogP contribution in [0.15, 0.2) is 17.3 Å². The molecule has 7 heteroatoms. The molecule has 1 aliphatic carbocycles. The van der Waals surface area contributed by atoms with Crippen molar-refractivity contribution in [3.05, 3.63) is 12.3 Å². The zero-order valence-electron chi connectivity index (χ0n) is 17.1. The summed E-state index contributed by atoms with van der Waals surface area (Å²) in [4.78, 5) is 4.20. The Morgan fingerprint density at radius 2 is 2.04 bits per heavy atom. The number of hydrogen-bond donors (Lipinski definition) is 2. The number of halogens is 2. The van der Waals surface area contributed by atoms with Crippen molar-refractivity contribution in [3.63, 3.8) is 0 Å². The Balaban J connectivity index is 2.52. The molecular weight excluding hydrogens is 352 g/mol. The Kier molecular flexibility index (Phi) is 11.2. The molecule has 0 saturated heterocycles. The number of ether oxygens (including phenoxy) is 2. The zero-order valence-corrected chi connectivity index (χ0v) is 17.1. The second-order valence-corrected chi connectivity index (χ2v) is 7.56. The molecule has 1 rings (SSSR count). The molecule has 0 aromatic carbocycles. The molecule has 1 aliphatic rings. The quantitative estimate of drug-likeness (QED) is 0.370. The molecule has 3 N–H and O–H groups in total. The maximum Gasteiger partial charge on any atom is 0.346 e. The molecule has 1 unspecified atom stereocenters. The molecule has 0 heterocycles. The zero-order chi connectivity index (χ0) is 20.3. The first-order valence-corrected chi connectivity index (χ1v) is 10.0. The van der Waals surface area contributed by atoms with Crippen LogP contribution in [0.1, 0.15) is 59.3 Å². The molecule has 1 saturated carbocycles. The van der Waals surface area contributed by atoms with Crippen LogP contribution in [0.3, 0.4) is 0 Å². The van der Waals surface area contributed by atoms with Crippen molar-refractivity contribution in [2.45, 2.75) is 83.6 Å². The van der Waals surface area contributed by atoms with E-state index in [4.69, 9.17) is 15.2 Å². The summed E-state index contributed by atoms with van der Waals surface area (Å²) in [5.41, 5.74) is 4.90. The monoisotopic (exact) mass is 389 g/mol. The first-order chi connectivity index (χ1) is 12.8. The number of nitrogens with two attached hydrogens (primary N) is 1. The molecule has 0 spiro atoms. The second kappa shape index (κ2) is 12.5. The maximum absolute atomic E-state index is 12.9. The van der Waals surface area contributed by atoms with Crippen molar-refractivity contribution in [1.29, 1.82) is 0 Å². The van der Waals surface area contributed by atoms with Crippen molar-refractivity contribution in [2.75, 3.05) is 19.8 Å². The van der Waals surface area contributed by atoms with Crippen molar-refractivity contribution < 1.29 is 18.3 Å². The number of nitrogens with zero attached hydrogens (tertiary/aromatic N) is 1. The van der Waals surface area contributed by atoms with Crippen LogP contribution < -0.4 is 11.1 Å². The molecule has 1 fully saturated rings. The first-order valence-electron chi connectivity index (χ1n) is 10.0. The molecule has 0 aromatic rings. The third-order valence-electron chi connectivity index (χ3n) is 5.29. The van der Waals surface area contributed by atoms with E-state index in [1.165, 1.54) is 6.21 Å². The molecule has 5 nitrogen and oxygen atoms in total. The summed E-state index contributed by atoms with van der Waals surface area (Å²) < 4.78 is 36.5. The summed E-state index contributed by atoms with van der Waals surface area (Å²) in [5.74, 6) is 0.564. The third-order valence-corrected chi connectivity index (χ3v) is 5.29. The van der Waals surface area contributed by atoms with Crippen LogP contribution in [0.25, 0.3) is 0 Å². The van der Waals surface area contributed by atoms with Gasteiger partial charge in [0.25, 0.3) is 0 Å². The van der Waals surface area contributed by atoms with Crippen molar-refractivity contribution >= 4 is 6.21 Å². The maximum atomic E-state index is 12.9.